The largest absolute Gasteiger partial charge is 0.383 e. The molecule has 0 saturated carbocycles. The van der Waals surface area contributed by atoms with Crippen LogP contribution in [0.1, 0.15) is 36.1 Å². The van der Waals surface area contributed by atoms with E-state index in [0.29, 0.717) is 12.3 Å². The fourth-order valence-electron chi connectivity index (χ4n) is 3.90. The van der Waals surface area contributed by atoms with Crippen LogP contribution >= 0.6 is 11.3 Å². The van der Waals surface area contributed by atoms with E-state index < -0.39 is 0 Å². The molecule has 3 heterocycles. The van der Waals surface area contributed by atoms with Crippen LogP contribution in [-0.2, 0) is 11.2 Å². The van der Waals surface area contributed by atoms with Crippen molar-refractivity contribution in [2.24, 2.45) is 10.7 Å². The van der Waals surface area contributed by atoms with Crippen LogP contribution in [0.15, 0.2) is 40.7 Å². The highest BCUT2D eigenvalue weighted by atomic mass is 32.1. The Hall–Kier alpha value is -2.18. The van der Waals surface area contributed by atoms with Crippen LogP contribution in [0.5, 0.6) is 0 Å². The van der Waals surface area contributed by atoms with Crippen molar-refractivity contribution < 1.29 is 4.79 Å². The first kappa shape index (κ1) is 18.2. The summed E-state index contributed by atoms with van der Waals surface area (Å²) in [7, 11) is 0. The van der Waals surface area contributed by atoms with E-state index in [1.807, 2.05) is 34.5 Å². The molecule has 27 heavy (non-hydrogen) atoms. The third-order valence-electron chi connectivity index (χ3n) is 5.37. The Morgan fingerprint density at radius 3 is 2.74 bits per heavy atom. The van der Waals surface area contributed by atoms with Crippen molar-refractivity contribution in [3.63, 3.8) is 0 Å². The number of carbonyl (C=O) groups excluding carboxylic acids is 1. The van der Waals surface area contributed by atoms with E-state index in [1.165, 1.54) is 24.8 Å². The predicted octanol–water partition coefficient (Wildman–Crippen LogP) is 3.55. The number of amides is 1. The molecule has 4 rings (SSSR count). The van der Waals surface area contributed by atoms with Crippen molar-refractivity contribution in [1.82, 2.24) is 4.90 Å². The second-order valence-corrected chi connectivity index (χ2v) is 8.18. The zero-order chi connectivity index (χ0) is 18.6. The third-order valence-corrected chi connectivity index (χ3v) is 6.27. The number of carbonyl (C=O) groups is 1. The molecule has 2 aromatic rings. The molecule has 0 radical (unpaired) electrons. The molecule has 0 atom stereocenters. The molecule has 1 fully saturated rings. The number of thiophene rings is 1. The monoisotopic (exact) mass is 382 g/mol. The molecule has 0 aliphatic carbocycles. The lowest BCUT2D eigenvalue weighted by Gasteiger charge is -2.33. The number of hydrogen-bond acceptors (Lipinski definition) is 4. The van der Waals surface area contributed by atoms with Gasteiger partial charge in [0.25, 0.3) is 0 Å². The number of likely N-dealkylation sites (tertiary alicyclic amines) is 1. The fraction of sp³-hybridized carbons (Fsp3) is 0.429. The van der Waals surface area contributed by atoms with E-state index in [9.17, 15) is 4.79 Å². The summed E-state index contributed by atoms with van der Waals surface area (Å²) in [6, 6.07) is 10.0. The van der Waals surface area contributed by atoms with Gasteiger partial charge >= 0.3 is 0 Å². The first-order valence-corrected chi connectivity index (χ1v) is 10.6. The number of piperidine rings is 1. The first-order chi connectivity index (χ1) is 13.2. The molecule has 0 bridgehead atoms. The molecule has 1 amide bonds. The molecule has 5 nitrogen and oxygen atoms in total. The Morgan fingerprint density at radius 1 is 1.11 bits per heavy atom. The molecule has 2 aliphatic heterocycles. The lowest BCUT2D eigenvalue weighted by Crippen LogP contribution is -2.42. The number of anilines is 1. The summed E-state index contributed by atoms with van der Waals surface area (Å²) >= 11 is 1.59. The maximum atomic E-state index is 12.5. The van der Waals surface area contributed by atoms with Gasteiger partial charge < -0.3 is 15.5 Å². The highest BCUT2D eigenvalue weighted by molar-refractivity contribution is 7.12. The van der Waals surface area contributed by atoms with Gasteiger partial charge in [-0.15, -0.1) is 11.3 Å². The summed E-state index contributed by atoms with van der Waals surface area (Å²) in [5, 5.41) is 2.00. The Kier molecular flexibility index (Phi) is 5.55. The summed E-state index contributed by atoms with van der Waals surface area (Å²) in [4.78, 5) is 22.5. The van der Waals surface area contributed by atoms with Gasteiger partial charge in [-0.1, -0.05) is 12.5 Å². The second-order valence-electron chi connectivity index (χ2n) is 7.24. The Balaban J connectivity index is 1.50. The zero-order valence-corrected chi connectivity index (χ0v) is 16.4. The van der Waals surface area contributed by atoms with Crippen molar-refractivity contribution in [3.8, 4) is 0 Å². The lowest BCUT2D eigenvalue weighted by molar-refractivity contribution is -0.119. The van der Waals surface area contributed by atoms with Gasteiger partial charge in [0.1, 0.15) is 5.84 Å². The van der Waals surface area contributed by atoms with Crippen LogP contribution < -0.4 is 10.6 Å². The number of hydrogen-bond donors (Lipinski definition) is 1. The number of nitrogens with zero attached hydrogens (tertiary/aromatic N) is 3. The molecule has 0 unspecified atom stereocenters. The number of aliphatic imine (C=N–C) groups is 1. The van der Waals surface area contributed by atoms with E-state index >= 15 is 0 Å². The smallest absolute Gasteiger partial charge is 0.227 e. The van der Waals surface area contributed by atoms with E-state index in [0.717, 1.165) is 48.9 Å². The van der Waals surface area contributed by atoms with Gasteiger partial charge in [0.2, 0.25) is 5.91 Å². The highest BCUT2D eigenvalue weighted by Crippen LogP contribution is 2.31. The van der Waals surface area contributed by atoms with Gasteiger partial charge in [-0.3, -0.25) is 4.79 Å². The average Bonchev–Trinajstić information content (AvgIpc) is 3.23. The topological polar surface area (TPSA) is 61.9 Å². The lowest BCUT2D eigenvalue weighted by atomic mass is 10.0. The minimum absolute atomic E-state index is 0.230. The van der Waals surface area contributed by atoms with E-state index in [1.54, 1.807) is 11.3 Å². The zero-order valence-electron chi connectivity index (χ0n) is 15.6. The molecule has 2 aliphatic rings. The van der Waals surface area contributed by atoms with Crippen LogP contribution in [0, 0.1) is 0 Å². The fourth-order valence-corrected chi connectivity index (χ4v) is 4.53. The van der Waals surface area contributed by atoms with E-state index in [-0.39, 0.29) is 5.91 Å². The summed E-state index contributed by atoms with van der Waals surface area (Å²) in [6.07, 6.45) is 5.23. The molecule has 1 aromatic carbocycles. The van der Waals surface area contributed by atoms with E-state index in [2.05, 4.69) is 16.0 Å². The summed E-state index contributed by atoms with van der Waals surface area (Å²) in [6.45, 7) is 4.04. The first-order valence-electron chi connectivity index (χ1n) is 9.74. The van der Waals surface area contributed by atoms with Gasteiger partial charge in [-0.2, -0.15) is 0 Å². The Morgan fingerprint density at radius 2 is 1.96 bits per heavy atom. The Bertz CT molecular complexity index is 825. The van der Waals surface area contributed by atoms with Crippen LogP contribution in [0.25, 0.3) is 0 Å². The summed E-state index contributed by atoms with van der Waals surface area (Å²) < 4.78 is 0. The van der Waals surface area contributed by atoms with Gasteiger partial charge in [0.15, 0.2) is 0 Å². The van der Waals surface area contributed by atoms with Crippen LogP contribution in [0.4, 0.5) is 11.4 Å². The number of benzene rings is 1. The molecule has 2 N–H and O–H groups in total. The average molecular weight is 383 g/mol. The molecular weight excluding hydrogens is 356 g/mol. The minimum atomic E-state index is 0.230. The molecular formula is C21H26N4OS. The number of aryl methyl sites for hydroxylation is 1. The third kappa shape index (κ3) is 4.22. The molecule has 1 saturated heterocycles. The second kappa shape index (κ2) is 8.23. The number of fused-ring (bicyclic) bond motifs is 1. The standard InChI is InChI=1S/C21H26N4OS/c22-21(19-5-4-14-27-19)23-17-7-8-18-16(15-17)6-9-20(26)25(18)13-12-24-10-2-1-3-11-24/h4-5,7-8,14-15H,1-3,6,9-13H2,(H2,22,23). The van der Waals surface area contributed by atoms with Gasteiger partial charge in [-0.05, 0) is 67.6 Å². The summed E-state index contributed by atoms with van der Waals surface area (Å²) in [5.41, 5.74) is 9.20. The van der Waals surface area contributed by atoms with Crippen LogP contribution in [0.3, 0.4) is 0 Å². The van der Waals surface area contributed by atoms with Gasteiger partial charge in [0, 0.05) is 25.2 Å². The van der Waals surface area contributed by atoms with Crippen molar-refractivity contribution in [3.05, 3.63) is 46.2 Å². The van der Waals surface area contributed by atoms with Crippen molar-refractivity contribution in [2.45, 2.75) is 32.1 Å². The molecule has 1 aromatic heterocycles. The summed E-state index contributed by atoms with van der Waals surface area (Å²) in [5.74, 6) is 0.771. The molecule has 142 valence electrons. The van der Waals surface area contributed by atoms with Crippen LogP contribution in [0.2, 0.25) is 0 Å². The Labute approximate surface area is 164 Å². The minimum Gasteiger partial charge on any atom is -0.383 e. The van der Waals surface area contributed by atoms with Crippen molar-refractivity contribution >= 4 is 34.5 Å². The predicted molar refractivity (Wildman–Crippen MR) is 112 cm³/mol. The van der Waals surface area contributed by atoms with Crippen molar-refractivity contribution in [2.75, 3.05) is 31.1 Å². The maximum absolute atomic E-state index is 12.5. The number of nitrogens with two attached hydrogens (primary N) is 1. The number of amidine groups is 1. The van der Waals surface area contributed by atoms with Gasteiger partial charge in [0.05, 0.1) is 10.6 Å². The van der Waals surface area contributed by atoms with Crippen molar-refractivity contribution in [1.29, 1.82) is 0 Å². The molecule has 0 spiro atoms. The quantitative estimate of drug-likeness (QED) is 0.635. The maximum Gasteiger partial charge on any atom is 0.227 e. The molecule has 6 heteroatoms. The van der Waals surface area contributed by atoms with Gasteiger partial charge in [-0.25, -0.2) is 4.99 Å². The highest BCUT2D eigenvalue weighted by Gasteiger charge is 2.25. The SMILES string of the molecule is NC(=Nc1ccc2c(c1)CCC(=O)N2CCN1CCCCC1)c1cccs1. The van der Waals surface area contributed by atoms with Crippen LogP contribution in [-0.4, -0.2) is 42.8 Å². The number of rotatable bonds is 5. The van der Waals surface area contributed by atoms with E-state index in [4.69, 9.17) is 5.73 Å². The normalized spacial score (nSPS) is 18.6.